The first-order valence-corrected chi connectivity index (χ1v) is 12.6. The van der Waals surface area contributed by atoms with E-state index in [9.17, 15) is 9.59 Å². The summed E-state index contributed by atoms with van der Waals surface area (Å²) >= 11 is 3.36. The minimum absolute atomic E-state index is 0.160. The number of carbonyl (C=O) groups excluding carboxylic acids is 2. The number of hydrogen-bond acceptors (Lipinski definition) is 4. The molecule has 1 fully saturated rings. The molecule has 4 rings (SSSR count). The number of anilines is 1. The summed E-state index contributed by atoms with van der Waals surface area (Å²) in [5.41, 5.74) is 2.80. The zero-order valence-electron chi connectivity index (χ0n) is 19.7. The van der Waals surface area contributed by atoms with Gasteiger partial charge in [-0.2, -0.15) is 0 Å². The molecule has 0 aromatic heterocycles. The molecule has 1 saturated carbocycles. The normalized spacial score (nSPS) is 13.3. The third kappa shape index (κ3) is 6.85. The van der Waals surface area contributed by atoms with Crippen LogP contribution in [0.2, 0.25) is 0 Å². The number of carbonyl (C=O) groups is 2. The van der Waals surface area contributed by atoms with Gasteiger partial charge in [0.15, 0.2) is 11.5 Å². The Morgan fingerprint density at radius 1 is 0.886 bits per heavy atom. The lowest BCUT2D eigenvalue weighted by atomic mass is 10.1. The van der Waals surface area contributed by atoms with Gasteiger partial charge in [0.05, 0.1) is 13.2 Å². The fourth-order valence-corrected chi connectivity index (χ4v) is 4.35. The smallest absolute Gasteiger partial charge is 0.255 e. The maximum absolute atomic E-state index is 12.6. The van der Waals surface area contributed by atoms with E-state index >= 15 is 0 Å². The molecule has 6 nitrogen and oxygen atoms in total. The molecule has 2 N–H and O–H groups in total. The van der Waals surface area contributed by atoms with Crippen LogP contribution in [0, 0.1) is 0 Å². The van der Waals surface area contributed by atoms with Gasteiger partial charge in [-0.25, -0.2) is 0 Å². The molecule has 0 spiro atoms. The van der Waals surface area contributed by atoms with Crippen LogP contribution in [0.4, 0.5) is 5.69 Å². The number of halogens is 1. The van der Waals surface area contributed by atoms with Crippen molar-refractivity contribution >= 4 is 33.4 Å². The summed E-state index contributed by atoms with van der Waals surface area (Å²) in [6, 6.07) is 19.9. The van der Waals surface area contributed by atoms with Crippen LogP contribution in [0.3, 0.4) is 0 Å². The van der Waals surface area contributed by atoms with Crippen LogP contribution in [0.25, 0.3) is 0 Å². The Bertz CT molecular complexity index is 1160. The fraction of sp³-hybridized carbons (Fsp3) is 0.286. The number of benzene rings is 3. The van der Waals surface area contributed by atoms with Crippen molar-refractivity contribution in [2.75, 3.05) is 19.0 Å². The number of hydrogen-bond donors (Lipinski definition) is 2. The molecule has 0 aliphatic heterocycles. The van der Waals surface area contributed by atoms with Crippen molar-refractivity contribution in [3.05, 3.63) is 87.9 Å². The summed E-state index contributed by atoms with van der Waals surface area (Å²) in [6.07, 6.45) is 5.50. The van der Waals surface area contributed by atoms with Crippen LogP contribution in [0.15, 0.2) is 71.2 Å². The summed E-state index contributed by atoms with van der Waals surface area (Å²) in [5, 5.41) is 5.80. The highest BCUT2D eigenvalue weighted by atomic mass is 79.9. The van der Waals surface area contributed by atoms with Crippen LogP contribution in [-0.2, 0) is 6.42 Å². The van der Waals surface area contributed by atoms with Crippen molar-refractivity contribution in [1.29, 1.82) is 0 Å². The van der Waals surface area contributed by atoms with E-state index in [1.807, 2.05) is 30.3 Å². The first-order chi connectivity index (χ1) is 17.0. The van der Waals surface area contributed by atoms with Gasteiger partial charge in [-0.3, -0.25) is 9.59 Å². The molecular formula is C28H29BrN2O4. The van der Waals surface area contributed by atoms with Gasteiger partial charge >= 0.3 is 0 Å². The Hall–Kier alpha value is -3.32. The summed E-state index contributed by atoms with van der Waals surface area (Å²) in [4.78, 5) is 24.9. The second-order valence-electron chi connectivity index (χ2n) is 8.55. The predicted octanol–water partition coefficient (Wildman–Crippen LogP) is 6.00. The number of nitrogens with one attached hydrogen (secondary N) is 2. The predicted molar refractivity (Wildman–Crippen MR) is 140 cm³/mol. The van der Waals surface area contributed by atoms with Crippen molar-refractivity contribution in [2.45, 2.75) is 38.2 Å². The van der Waals surface area contributed by atoms with Gasteiger partial charge in [0.25, 0.3) is 11.8 Å². The molecule has 35 heavy (non-hydrogen) atoms. The quantitative estimate of drug-likeness (QED) is 0.351. The Kier molecular flexibility index (Phi) is 8.42. The molecule has 182 valence electrons. The number of amides is 2. The lowest BCUT2D eigenvalue weighted by molar-refractivity contribution is 0.0953. The average Bonchev–Trinajstić information content (AvgIpc) is 3.38. The fourth-order valence-electron chi connectivity index (χ4n) is 4.09. The van der Waals surface area contributed by atoms with E-state index in [-0.39, 0.29) is 17.9 Å². The molecule has 0 saturated heterocycles. The summed E-state index contributed by atoms with van der Waals surface area (Å²) in [7, 11) is 1.65. The second kappa shape index (κ2) is 11.9. The number of rotatable bonds is 9. The minimum atomic E-state index is -0.203. The molecule has 3 aromatic carbocycles. The highest BCUT2D eigenvalue weighted by molar-refractivity contribution is 9.10. The lowest BCUT2D eigenvalue weighted by Gasteiger charge is -2.17. The molecule has 0 atom stereocenters. The highest BCUT2D eigenvalue weighted by Gasteiger charge is 2.18. The monoisotopic (exact) mass is 536 g/mol. The molecule has 1 aliphatic rings. The molecule has 0 unspecified atom stereocenters. The van der Waals surface area contributed by atoms with E-state index in [0.717, 1.165) is 34.4 Å². The van der Waals surface area contributed by atoms with E-state index in [2.05, 4.69) is 26.6 Å². The van der Waals surface area contributed by atoms with Crippen LogP contribution in [0.5, 0.6) is 11.5 Å². The molecule has 1 aliphatic carbocycles. The molecule has 0 heterocycles. The van der Waals surface area contributed by atoms with Crippen LogP contribution in [0.1, 0.15) is 52.0 Å². The van der Waals surface area contributed by atoms with Crippen molar-refractivity contribution < 1.29 is 19.1 Å². The van der Waals surface area contributed by atoms with Crippen LogP contribution in [-0.4, -0.2) is 31.6 Å². The molecule has 0 radical (unpaired) electrons. The third-order valence-electron chi connectivity index (χ3n) is 6.03. The van der Waals surface area contributed by atoms with Crippen molar-refractivity contribution in [1.82, 2.24) is 5.32 Å². The second-order valence-corrected chi connectivity index (χ2v) is 9.47. The van der Waals surface area contributed by atoms with Crippen molar-refractivity contribution in [3.63, 3.8) is 0 Å². The minimum Gasteiger partial charge on any atom is -0.493 e. The summed E-state index contributed by atoms with van der Waals surface area (Å²) in [5.74, 6) is 1.14. The summed E-state index contributed by atoms with van der Waals surface area (Å²) < 4.78 is 12.5. The van der Waals surface area contributed by atoms with Gasteiger partial charge in [-0.15, -0.1) is 0 Å². The number of methoxy groups -OCH3 is 1. The maximum atomic E-state index is 12.6. The topological polar surface area (TPSA) is 76.7 Å². The zero-order chi connectivity index (χ0) is 24.6. The SMILES string of the molecule is COc1ccc(CCNC(=O)c2ccc(NC(=O)c3ccc(Br)cc3)cc2)cc1OC1CCCC1. The van der Waals surface area contributed by atoms with E-state index in [1.165, 1.54) is 12.8 Å². The average molecular weight is 537 g/mol. The van der Waals surface area contributed by atoms with Crippen molar-refractivity contribution in [2.24, 2.45) is 0 Å². The van der Waals surface area contributed by atoms with Gasteiger partial charge in [0.2, 0.25) is 0 Å². The van der Waals surface area contributed by atoms with E-state index in [1.54, 1.807) is 43.5 Å². The van der Waals surface area contributed by atoms with Gasteiger partial charge in [-0.1, -0.05) is 22.0 Å². The Balaban J connectivity index is 1.28. The van der Waals surface area contributed by atoms with E-state index in [0.29, 0.717) is 29.8 Å². The molecule has 0 bridgehead atoms. The third-order valence-corrected chi connectivity index (χ3v) is 6.56. The molecule has 7 heteroatoms. The number of ether oxygens (including phenoxy) is 2. The Labute approximate surface area is 214 Å². The van der Waals surface area contributed by atoms with E-state index in [4.69, 9.17) is 9.47 Å². The van der Waals surface area contributed by atoms with Crippen molar-refractivity contribution in [3.8, 4) is 11.5 Å². The Morgan fingerprint density at radius 2 is 1.54 bits per heavy atom. The standard InChI is InChI=1S/C28H29BrN2O4/c1-34-25-15-6-19(18-26(25)35-24-4-2-3-5-24)16-17-30-27(32)20-9-13-23(14-10-20)31-28(33)21-7-11-22(29)12-8-21/h6-15,18,24H,2-5,16-17H2,1H3,(H,30,32)(H,31,33). The van der Waals surface area contributed by atoms with Gasteiger partial charge < -0.3 is 20.1 Å². The molecule has 2 amide bonds. The Morgan fingerprint density at radius 3 is 2.23 bits per heavy atom. The van der Waals surface area contributed by atoms with E-state index < -0.39 is 0 Å². The lowest BCUT2D eigenvalue weighted by Crippen LogP contribution is -2.25. The summed E-state index contributed by atoms with van der Waals surface area (Å²) in [6.45, 7) is 0.496. The zero-order valence-corrected chi connectivity index (χ0v) is 21.3. The largest absolute Gasteiger partial charge is 0.493 e. The first kappa shape index (κ1) is 24.8. The van der Waals surface area contributed by atoms with Gasteiger partial charge in [-0.05, 0) is 98.3 Å². The molecule has 3 aromatic rings. The molecular weight excluding hydrogens is 508 g/mol. The maximum Gasteiger partial charge on any atom is 0.255 e. The van der Waals surface area contributed by atoms with Gasteiger partial charge in [0.1, 0.15) is 0 Å². The van der Waals surface area contributed by atoms with Crippen LogP contribution < -0.4 is 20.1 Å². The first-order valence-electron chi connectivity index (χ1n) is 11.8. The highest BCUT2D eigenvalue weighted by Crippen LogP contribution is 2.32. The van der Waals surface area contributed by atoms with Gasteiger partial charge in [0, 0.05) is 27.8 Å². The van der Waals surface area contributed by atoms with Crippen LogP contribution >= 0.6 is 15.9 Å².